The van der Waals surface area contributed by atoms with E-state index in [0.717, 1.165) is 24.2 Å². The molecule has 0 aliphatic carbocycles. The third kappa shape index (κ3) is 14.5. The highest BCUT2D eigenvalue weighted by Crippen LogP contribution is 2.40. The third-order valence-corrected chi connectivity index (χ3v) is 14.4. The standard InChI is InChI=1S/C25H32FN5O6S.C22H35BN4O6S/c1-5-37-23(34)29-16-9-8-13(11-15(16)26)18-12-14(21(38-18)30-22(27)33)20(32)28-17-7-6-10-31(24(35)36)19(17)25(2,3)4;1-20(2,3)31-19(30)27-10-8-9-13(12-27)25-16(28)14-11-15(34-17(14)26-18(24)29)23-32-21(4,5)22(6,7)33-23/h8-9,11-12,17,19H,5-7,10H2,1-4H3,(H,28,32)(H,29,34)(H,35,36)(H3,27,30,33);11,13H,8-10,12H2,1-7H3,(H,25,28)(H3,24,26,29)/t17-,19?;13-/m00/s1. The molecule has 72 heavy (non-hydrogen) atoms. The minimum absolute atomic E-state index is 0.0780. The lowest BCUT2D eigenvalue weighted by Gasteiger charge is -2.46. The largest absolute Gasteiger partial charge is 0.505 e. The quantitative estimate of drug-likeness (QED) is 0.0913. The number of amides is 9. The van der Waals surface area contributed by atoms with E-state index >= 15 is 0 Å². The fourth-order valence-corrected chi connectivity index (χ4v) is 10.4. The number of hydrogen-bond donors (Lipinski definition) is 8. The summed E-state index contributed by atoms with van der Waals surface area (Å²) >= 11 is 2.21. The summed E-state index contributed by atoms with van der Waals surface area (Å²) in [6, 6.07) is 4.40. The predicted molar refractivity (Wildman–Crippen MR) is 274 cm³/mol. The number of anilines is 3. The molecule has 3 atom stereocenters. The zero-order valence-electron chi connectivity index (χ0n) is 42.5. The van der Waals surface area contributed by atoms with Gasteiger partial charge in [-0.25, -0.2) is 28.4 Å². The van der Waals surface area contributed by atoms with Gasteiger partial charge in [0.2, 0.25) is 0 Å². The maximum atomic E-state index is 14.7. The summed E-state index contributed by atoms with van der Waals surface area (Å²) in [6.45, 7) is 22.0. The van der Waals surface area contributed by atoms with Crippen molar-refractivity contribution in [1.82, 2.24) is 20.4 Å². The number of carbonyl (C=O) groups is 7. The van der Waals surface area contributed by atoms with Crippen LogP contribution in [0.25, 0.3) is 10.4 Å². The van der Waals surface area contributed by atoms with E-state index in [4.69, 9.17) is 30.2 Å². The molecule has 0 bridgehead atoms. The lowest BCUT2D eigenvalue weighted by molar-refractivity contribution is 0.00578. The number of nitrogens with two attached hydrogens (primary N) is 2. The first-order chi connectivity index (χ1) is 33.4. The Kier molecular flexibility index (Phi) is 17.9. The minimum atomic E-state index is -1.05. The second-order valence-electron chi connectivity index (χ2n) is 20.6. The first kappa shape index (κ1) is 56.7. The van der Waals surface area contributed by atoms with Crippen molar-refractivity contribution in [3.63, 3.8) is 0 Å². The Morgan fingerprint density at radius 2 is 1.42 bits per heavy atom. The molecule has 10 N–H and O–H groups in total. The van der Waals surface area contributed by atoms with Crippen LogP contribution in [0.4, 0.5) is 44.1 Å². The van der Waals surface area contributed by atoms with E-state index in [1.54, 1.807) is 24.0 Å². The van der Waals surface area contributed by atoms with E-state index in [2.05, 4.69) is 26.6 Å². The first-order valence-electron chi connectivity index (χ1n) is 23.5. The first-order valence-corrected chi connectivity index (χ1v) is 25.1. The number of primary amides is 2. The number of rotatable bonds is 10. The highest BCUT2D eigenvalue weighted by atomic mass is 32.1. The fraction of sp³-hybridized carbons (Fsp3) is 0.553. The number of urea groups is 2. The van der Waals surface area contributed by atoms with Gasteiger partial charge in [-0.05, 0) is 116 Å². The number of likely N-dealkylation sites (tertiary alicyclic amines) is 2. The van der Waals surface area contributed by atoms with Crippen LogP contribution in [0.3, 0.4) is 0 Å². The number of piperidine rings is 2. The van der Waals surface area contributed by atoms with Gasteiger partial charge in [0, 0.05) is 35.3 Å². The molecule has 1 aromatic carbocycles. The maximum Gasteiger partial charge on any atom is 0.505 e. The summed E-state index contributed by atoms with van der Waals surface area (Å²) in [4.78, 5) is 89.2. The van der Waals surface area contributed by atoms with Crippen LogP contribution >= 0.6 is 22.7 Å². The number of thiophene rings is 2. The number of hydrogen-bond acceptors (Lipinski definition) is 13. The molecule has 25 heteroatoms. The van der Waals surface area contributed by atoms with Gasteiger partial charge in [-0.3, -0.25) is 25.5 Å². The van der Waals surface area contributed by atoms with Crippen LogP contribution in [0.2, 0.25) is 0 Å². The van der Waals surface area contributed by atoms with E-state index in [9.17, 15) is 43.1 Å². The van der Waals surface area contributed by atoms with Gasteiger partial charge in [-0.15, -0.1) is 22.7 Å². The molecule has 0 saturated carbocycles. The molecular weight excluding hydrogens is 977 g/mol. The topological polar surface area (TPSA) is 295 Å². The van der Waals surface area contributed by atoms with Crippen molar-refractivity contribution in [1.29, 1.82) is 0 Å². The summed E-state index contributed by atoms with van der Waals surface area (Å²) in [5.41, 5.74) is 9.20. The van der Waals surface area contributed by atoms with Crippen LogP contribution in [0.5, 0.6) is 0 Å². The van der Waals surface area contributed by atoms with Crippen LogP contribution in [0.15, 0.2) is 30.3 Å². The Labute approximate surface area is 426 Å². The average molecular weight is 1040 g/mol. The SMILES string of the molecule is CC(C)(C)OC(=O)N1CCC[C@H](NC(=O)c2cc(B3OC(C)(C)C(C)(C)O3)sc2NC(N)=O)C1.CCOC(=O)Nc1ccc(-c2cc(C(=O)N[C@H]3CCCN(C(=O)O)C3C(C)(C)C)c(NC(N)=O)s2)cc1F. The highest BCUT2D eigenvalue weighted by Gasteiger charge is 2.52. The van der Waals surface area contributed by atoms with E-state index in [0.29, 0.717) is 52.7 Å². The molecule has 5 heterocycles. The van der Waals surface area contributed by atoms with Crippen LogP contribution in [-0.2, 0) is 18.8 Å². The van der Waals surface area contributed by atoms with Crippen molar-refractivity contribution in [3.05, 3.63) is 47.3 Å². The van der Waals surface area contributed by atoms with E-state index in [1.165, 1.54) is 34.4 Å². The monoisotopic (exact) mass is 1040 g/mol. The van der Waals surface area contributed by atoms with Crippen molar-refractivity contribution in [3.8, 4) is 10.4 Å². The van der Waals surface area contributed by atoms with Crippen LogP contribution in [0.1, 0.15) is 123 Å². The minimum Gasteiger partial charge on any atom is -0.465 e. The van der Waals surface area contributed by atoms with Crippen molar-refractivity contribution in [2.75, 3.05) is 42.2 Å². The Bertz CT molecular complexity index is 2510. The maximum absolute atomic E-state index is 14.7. The van der Waals surface area contributed by atoms with Crippen molar-refractivity contribution < 1.29 is 61.8 Å². The molecule has 1 unspecified atom stereocenters. The van der Waals surface area contributed by atoms with Gasteiger partial charge in [0.05, 0.1) is 46.7 Å². The summed E-state index contributed by atoms with van der Waals surface area (Å²) in [7, 11) is -0.678. The van der Waals surface area contributed by atoms with Crippen molar-refractivity contribution >= 4 is 92.4 Å². The summed E-state index contributed by atoms with van der Waals surface area (Å²) < 4.78 is 37.7. The van der Waals surface area contributed by atoms with Crippen molar-refractivity contribution in [2.45, 2.75) is 137 Å². The Morgan fingerprint density at radius 1 is 0.833 bits per heavy atom. The zero-order valence-corrected chi connectivity index (χ0v) is 44.2. The molecule has 3 fully saturated rings. The lowest BCUT2D eigenvalue weighted by atomic mass is 9.77. The molecule has 0 radical (unpaired) electrons. The fourth-order valence-electron chi connectivity index (χ4n) is 8.34. The zero-order chi connectivity index (χ0) is 53.7. The molecule has 394 valence electrons. The van der Waals surface area contributed by atoms with Crippen molar-refractivity contribution in [2.24, 2.45) is 16.9 Å². The summed E-state index contributed by atoms with van der Waals surface area (Å²) in [5, 5.41) is 23.4. The highest BCUT2D eigenvalue weighted by molar-refractivity contribution is 7.26. The van der Waals surface area contributed by atoms with Crippen LogP contribution < -0.4 is 42.8 Å². The third-order valence-electron chi connectivity index (χ3n) is 12.2. The normalized spacial score (nSPS) is 19.5. The number of halogens is 1. The smallest absolute Gasteiger partial charge is 0.465 e. The Hall–Kier alpha value is -6.18. The van der Waals surface area contributed by atoms with Gasteiger partial charge in [0.1, 0.15) is 21.4 Å². The second kappa shape index (κ2) is 22.7. The van der Waals surface area contributed by atoms with E-state index < -0.39 is 83.5 Å². The molecule has 3 saturated heterocycles. The average Bonchev–Trinajstić information content (AvgIpc) is 3.93. The van der Waals surface area contributed by atoms with Gasteiger partial charge in [-0.2, -0.15) is 0 Å². The van der Waals surface area contributed by atoms with Crippen LogP contribution in [0, 0.1) is 11.2 Å². The molecule has 2 aromatic heterocycles. The lowest BCUT2D eigenvalue weighted by Crippen LogP contribution is -2.61. The molecule has 6 rings (SSSR count). The summed E-state index contributed by atoms with van der Waals surface area (Å²) in [6.07, 6.45) is 0.364. The van der Waals surface area contributed by atoms with Gasteiger partial charge >= 0.3 is 37.5 Å². The number of carbonyl (C=O) groups excluding carboxylic acids is 6. The van der Waals surface area contributed by atoms with Gasteiger partial charge in [0.25, 0.3) is 11.8 Å². The Balaban J connectivity index is 0.000000269. The number of carboxylic acid groups (broad SMARTS) is 1. The summed E-state index contributed by atoms with van der Waals surface area (Å²) in [5.74, 6) is -1.62. The molecule has 9 amide bonds. The number of benzene rings is 1. The predicted octanol–water partition coefficient (Wildman–Crippen LogP) is 7.57. The van der Waals surface area contributed by atoms with Gasteiger partial charge in [0.15, 0.2) is 0 Å². The van der Waals surface area contributed by atoms with Crippen LogP contribution in [-0.4, -0.2) is 125 Å². The van der Waals surface area contributed by atoms with Gasteiger partial charge in [-0.1, -0.05) is 26.8 Å². The molecule has 0 spiro atoms. The number of nitrogens with one attached hydrogen (secondary N) is 5. The molecule has 3 aliphatic rings. The van der Waals surface area contributed by atoms with E-state index in [-0.39, 0.29) is 40.4 Å². The van der Waals surface area contributed by atoms with E-state index in [1.807, 2.05) is 69.2 Å². The second-order valence-corrected chi connectivity index (χ2v) is 22.7. The number of ether oxygens (including phenoxy) is 2. The number of nitrogens with zero attached hydrogens (tertiary/aromatic N) is 2. The molecular formula is C47H67BFN9O12S2. The molecule has 3 aromatic rings. The molecule has 3 aliphatic heterocycles. The Morgan fingerprint density at radius 3 is 1.97 bits per heavy atom. The molecule has 21 nitrogen and oxygen atoms in total. The van der Waals surface area contributed by atoms with Gasteiger partial charge < -0.3 is 55.8 Å².